The highest BCUT2D eigenvalue weighted by molar-refractivity contribution is 6.00. The molecule has 7 heteroatoms. The van der Waals surface area contributed by atoms with Crippen molar-refractivity contribution in [2.24, 2.45) is 5.92 Å². The summed E-state index contributed by atoms with van der Waals surface area (Å²) >= 11 is 0. The minimum absolute atomic E-state index is 0.0645. The van der Waals surface area contributed by atoms with Gasteiger partial charge in [0.25, 0.3) is 0 Å². The molecule has 1 N–H and O–H groups in total. The Hall–Kier alpha value is -2.12. The van der Waals surface area contributed by atoms with Crippen LogP contribution >= 0.6 is 0 Å². The summed E-state index contributed by atoms with van der Waals surface area (Å²) in [5.74, 6) is 0.109. The number of ether oxygens (including phenoxy) is 3. The highest BCUT2D eigenvalue weighted by Crippen LogP contribution is 2.26. The fourth-order valence-electron chi connectivity index (χ4n) is 2.49. The van der Waals surface area contributed by atoms with Gasteiger partial charge in [0.1, 0.15) is 5.75 Å². The quantitative estimate of drug-likeness (QED) is 0.751. The van der Waals surface area contributed by atoms with Crippen molar-refractivity contribution < 1.29 is 23.8 Å². The molecule has 1 heterocycles. The molecule has 0 aromatic heterocycles. The van der Waals surface area contributed by atoms with Crippen molar-refractivity contribution in [2.75, 3.05) is 39.3 Å². The molecule has 23 heavy (non-hydrogen) atoms. The summed E-state index contributed by atoms with van der Waals surface area (Å²) in [5, 5.41) is 2.75. The van der Waals surface area contributed by atoms with Crippen LogP contribution in [-0.2, 0) is 19.1 Å². The first-order valence-electron chi connectivity index (χ1n) is 7.36. The first kappa shape index (κ1) is 17.2. The van der Waals surface area contributed by atoms with E-state index in [1.165, 1.54) is 14.2 Å². The lowest BCUT2D eigenvalue weighted by Gasteiger charge is -2.18. The first-order chi connectivity index (χ1) is 11.1. The van der Waals surface area contributed by atoms with Crippen LogP contribution in [0.2, 0.25) is 0 Å². The SMILES string of the molecule is COc1ccc(N2CC(C(=O)NCC(OC)OC)CC2=O)cc1. The van der Waals surface area contributed by atoms with Crippen molar-refractivity contribution in [1.82, 2.24) is 5.32 Å². The number of carbonyl (C=O) groups excluding carboxylic acids is 2. The predicted octanol–water partition coefficient (Wildman–Crippen LogP) is 0.783. The topological polar surface area (TPSA) is 77.1 Å². The molecule has 0 bridgehead atoms. The third kappa shape index (κ3) is 4.20. The molecule has 0 saturated carbocycles. The van der Waals surface area contributed by atoms with Crippen molar-refractivity contribution in [3.05, 3.63) is 24.3 Å². The molecule has 1 aromatic carbocycles. The molecule has 7 nitrogen and oxygen atoms in total. The summed E-state index contributed by atoms with van der Waals surface area (Å²) in [6.07, 6.45) is -0.295. The third-order valence-electron chi connectivity index (χ3n) is 3.85. The van der Waals surface area contributed by atoms with Gasteiger partial charge in [-0.05, 0) is 24.3 Å². The standard InChI is InChI=1S/C16H22N2O5/c1-21-13-6-4-12(5-7-13)18-10-11(8-14(18)19)16(20)17-9-15(22-2)23-3/h4-7,11,15H,8-10H2,1-3H3,(H,17,20). The molecule has 1 saturated heterocycles. The minimum Gasteiger partial charge on any atom is -0.497 e. The van der Waals surface area contributed by atoms with E-state index in [4.69, 9.17) is 14.2 Å². The average molecular weight is 322 g/mol. The van der Waals surface area contributed by atoms with E-state index in [-0.39, 0.29) is 30.7 Å². The monoisotopic (exact) mass is 322 g/mol. The Labute approximate surface area is 135 Å². The summed E-state index contributed by atoms with van der Waals surface area (Å²) in [7, 11) is 4.60. The maximum Gasteiger partial charge on any atom is 0.227 e. The summed E-state index contributed by atoms with van der Waals surface area (Å²) in [6.45, 7) is 0.612. The van der Waals surface area contributed by atoms with Crippen LogP contribution in [0.5, 0.6) is 5.75 Å². The number of methoxy groups -OCH3 is 3. The van der Waals surface area contributed by atoms with Gasteiger partial charge >= 0.3 is 0 Å². The molecule has 0 radical (unpaired) electrons. The van der Waals surface area contributed by atoms with E-state index in [1.54, 1.807) is 24.1 Å². The van der Waals surface area contributed by atoms with Gasteiger partial charge in [-0.3, -0.25) is 9.59 Å². The van der Waals surface area contributed by atoms with E-state index in [2.05, 4.69) is 5.32 Å². The molecule has 0 spiro atoms. The largest absolute Gasteiger partial charge is 0.497 e. The number of nitrogens with one attached hydrogen (secondary N) is 1. The second-order valence-corrected chi connectivity index (χ2v) is 5.25. The summed E-state index contributed by atoms with van der Waals surface area (Å²) in [6, 6.07) is 7.20. The molecule has 0 aliphatic carbocycles. The number of anilines is 1. The van der Waals surface area contributed by atoms with Gasteiger partial charge in [0.05, 0.1) is 19.6 Å². The van der Waals surface area contributed by atoms with Crippen LogP contribution < -0.4 is 15.0 Å². The Morgan fingerprint density at radius 3 is 2.48 bits per heavy atom. The van der Waals surface area contributed by atoms with Crippen LogP contribution in [0.25, 0.3) is 0 Å². The number of nitrogens with zero attached hydrogens (tertiary/aromatic N) is 1. The van der Waals surface area contributed by atoms with Gasteiger partial charge in [0.2, 0.25) is 11.8 Å². The Morgan fingerprint density at radius 1 is 1.26 bits per heavy atom. The lowest BCUT2D eigenvalue weighted by atomic mass is 10.1. The molecule has 1 atom stereocenters. The summed E-state index contributed by atoms with van der Waals surface area (Å²) in [5.41, 5.74) is 0.762. The number of hydrogen-bond acceptors (Lipinski definition) is 5. The molecule has 126 valence electrons. The molecule has 1 aliphatic heterocycles. The second kappa shape index (κ2) is 7.94. The zero-order valence-electron chi connectivity index (χ0n) is 13.6. The molecular formula is C16H22N2O5. The van der Waals surface area contributed by atoms with Crippen LogP contribution in [0.1, 0.15) is 6.42 Å². The van der Waals surface area contributed by atoms with E-state index in [0.29, 0.717) is 6.54 Å². The molecule has 1 fully saturated rings. The van der Waals surface area contributed by atoms with Crippen LogP contribution in [0.3, 0.4) is 0 Å². The van der Waals surface area contributed by atoms with Gasteiger partial charge in [-0.1, -0.05) is 0 Å². The van der Waals surface area contributed by atoms with E-state index >= 15 is 0 Å². The lowest BCUT2D eigenvalue weighted by molar-refractivity contribution is -0.131. The van der Waals surface area contributed by atoms with Crippen molar-refractivity contribution in [2.45, 2.75) is 12.7 Å². The highest BCUT2D eigenvalue weighted by atomic mass is 16.7. The van der Waals surface area contributed by atoms with E-state index in [9.17, 15) is 9.59 Å². The third-order valence-corrected chi connectivity index (χ3v) is 3.85. The Kier molecular flexibility index (Phi) is 5.95. The summed E-state index contributed by atoms with van der Waals surface area (Å²) < 4.78 is 15.1. The zero-order valence-corrected chi connectivity index (χ0v) is 13.6. The molecular weight excluding hydrogens is 300 g/mol. The van der Waals surface area contributed by atoms with Gasteiger partial charge in [0, 0.05) is 32.9 Å². The fourth-order valence-corrected chi connectivity index (χ4v) is 2.49. The predicted molar refractivity (Wildman–Crippen MR) is 84.3 cm³/mol. The normalized spacial score (nSPS) is 17.7. The number of carbonyl (C=O) groups is 2. The number of benzene rings is 1. The van der Waals surface area contributed by atoms with Gasteiger partial charge in [0.15, 0.2) is 6.29 Å². The van der Waals surface area contributed by atoms with Gasteiger partial charge < -0.3 is 24.4 Å². The average Bonchev–Trinajstić information content (AvgIpc) is 2.97. The highest BCUT2D eigenvalue weighted by Gasteiger charge is 2.35. The van der Waals surface area contributed by atoms with Gasteiger partial charge in [-0.2, -0.15) is 0 Å². The smallest absolute Gasteiger partial charge is 0.227 e. The van der Waals surface area contributed by atoms with E-state index < -0.39 is 6.29 Å². The molecule has 2 rings (SSSR count). The zero-order chi connectivity index (χ0) is 16.8. The number of rotatable bonds is 7. The maximum atomic E-state index is 12.2. The van der Waals surface area contributed by atoms with Crippen LogP contribution in [0.4, 0.5) is 5.69 Å². The van der Waals surface area contributed by atoms with Gasteiger partial charge in [-0.25, -0.2) is 0 Å². The van der Waals surface area contributed by atoms with Gasteiger partial charge in [-0.15, -0.1) is 0 Å². The fraction of sp³-hybridized carbons (Fsp3) is 0.500. The first-order valence-corrected chi connectivity index (χ1v) is 7.36. The maximum absolute atomic E-state index is 12.2. The minimum atomic E-state index is -0.492. The molecule has 1 unspecified atom stereocenters. The van der Waals surface area contributed by atoms with Crippen LogP contribution in [0, 0.1) is 5.92 Å². The second-order valence-electron chi connectivity index (χ2n) is 5.25. The van der Waals surface area contributed by atoms with Crippen molar-refractivity contribution >= 4 is 17.5 Å². The number of amides is 2. The van der Waals surface area contributed by atoms with E-state index in [0.717, 1.165) is 11.4 Å². The van der Waals surface area contributed by atoms with E-state index in [1.807, 2.05) is 12.1 Å². The molecule has 1 aliphatic rings. The lowest BCUT2D eigenvalue weighted by Crippen LogP contribution is -2.38. The Bertz CT molecular complexity index is 542. The Morgan fingerprint density at radius 2 is 1.91 bits per heavy atom. The summed E-state index contributed by atoms with van der Waals surface area (Å²) in [4.78, 5) is 26.0. The molecule has 1 aromatic rings. The van der Waals surface area contributed by atoms with Crippen molar-refractivity contribution in [1.29, 1.82) is 0 Å². The van der Waals surface area contributed by atoms with Crippen LogP contribution in [-0.4, -0.2) is 52.5 Å². The number of hydrogen-bond donors (Lipinski definition) is 1. The van der Waals surface area contributed by atoms with Crippen molar-refractivity contribution in [3.63, 3.8) is 0 Å². The molecule has 2 amide bonds. The van der Waals surface area contributed by atoms with Crippen LogP contribution in [0.15, 0.2) is 24.3 Å². The van der Waals surface area contributed by atoms with Crippen molar-refractivity contribution in [3.8, 4) is 5.75 Å². The Balaban J connectivity index is 1.94.